The van der Waals surface area contributed by atoms with Gasteiger partial charge in [-0.3, -0.25) is 19.3 Å². The molecule has 0 spiro atoms. The van der Waals surface area contributed by atoms with Gasteiger partial charge in [-0.15, -0.1) is 6.58 Å². The van der Waals surface area contributed by atoms with E-state index in [4.69, 9.17) is 4.74 Å². The van der Waals surface area contributed by atoms with Gasteiger partial charge in [-0.1, -0.05) is 30.3 Å². The number of imide groups is 1. The van der Waals surface area contributed by atoms with Gasteiger partial charge in [0, 0.05) is 19.6 Å². The molecular weight excluding hydrogens is 396 g/mol. The molecular formula is C24H22N2O5. The van der Waals surface area contributed by atoms with Crippen LogP contribution in [0.25, 0.3) is 0 Å². The molecule has 0 aromatic heterocycles. The number of amides is 3. The second-order valence-electron chi connectivity index (χ2n) is 7.60. The summed E-state index contributed by atoms with van der Waals surface area (Å²) in [6, 6.07) is 12.2. The standard InChI is InChI=1S/C24H22N2O5/c1-3-11-26-22(28)19-9-8-17(13-20(19)23(26)29)24(30)31-15(2)21(27)25-12-10-16-6-4-5-7-18(16)14-25/h3-9,13,15H,1,10-12,14H2,2H3/t15-/m1/s1. The van der Waals surface area contributed by atoms with Gasteiger partial charge in [-0.2, -0.15) is 0 Å². The maximum absolute atomic E-state index is 12.8. The molecule has 2 heterocycles. The molecule has 0 unspecified atom stereocenters. The van der Waals surface area contributed by atoms with Crippen LogP contribution in [0.2, 0.25) is 0 Å². The summed E-state index contributed by atoms with van der Waals surface area (Å²) in [6.07, 6.45) is 1.24. The highest BCUT2D eigenvalue weighted by Gasteiger charge is 2.35. The van der Waals surface area contributed by atoms with E-state index >= 15 is 0 Å². The maximum Gasteiger partial charge on any atom is 0.338 e. The third-order valence-electron chi connectivity index (χ3n) is 5.59. The van der Waals surface area contributed by atoms with Crippen LogP contribution in [-0.2, 0) is 22.5 Å². The molecule has 2 aromatic carbocycles. The Kier molecular flexibility index (Phi) is 5.42. The van der Waals surface area contributed by atoms with Gasteiger partial charge in [0.2, 0.25) is 0 Å². The minimum absolute atomic E-state index is 0.0939. The molecule has 4 rings (SSSR count). The fourth-order valence-electron chi connectivity index (χ4n) is 3.93. The van der Waals surface area contributed by atoms with Gasteiger partial charge in [-0.05, 0) is 42.7 Å². The Hall–Kier alpha value is -3.74. The second kappa shape index (κ2) is 8.18. The van der Waals surface area contributed by atoms with Crippen LogP contribution in [0.4, 0.5) is 0 Å². The molecule has 0 saturated heterocycles. The molecule has 2 aromatic rings. The van der Waals surface area contributed by atoms with Crippen molar-refractivity contribution >= 4 is 23.7 Å². The van der Waals surface area contributed by atoms with Crippen LogP contribution in [0.5, 0.6) is 0 Å². The molecule has 7 heteroatoms. The number of fused-ring (bicyclic) bond motifs is 2. The first-order valence-corrected chi connectivity index (χ1v) is 10.1. The van der Waals surface area contributed by atoms with Gasteiger partial charge in [0.25, 0.3) is 17.7 Å². The van der Waals surface area contributed by atoms with Gasteiger partial charge < -0.3 is 9.64 Å². The number of rotatable bonds is 5. The van der Waals surface area contributed by atoms with E-state index in [1.807, 2.05) is 18.2 Å². The Morgan fingerprint density at radius 2 is 1.81 bits per heavy atom. The maximum atomic E-state index is 12.8. The van der Waals surface area contributed by atoms with E-state index in [-0.39, 0.29) is 29.1 Å². The molecule has 3 amide bonds. The van der Waals surface area contributed by atoms with Crippen LogP contribution in [0.15, 0.2) is 55.1 Å². The Labute approximate surface area is 179 Å². The number of nitrogens with zero attached hydrogens (tertiary/aromatic N) is 2. The van der Waals surface area contributed by atoms with Crippen molar-refractivity contribution < 1.29 is 23.9 Å². The van der Waals surface area contributed by atoms with Crippen LogP contribution in [0.1, 0.15) is 49.1 Å². The minimum atomic E-state index is -0.972. The number of esters is 1. The third kappa shape index (κ3) is 3.74. The first-order valence-electron chi connectivity index (χ1n) is 10.1. The van der Waals surface area contributed by atoms with Crippen LogP contribution in [0, 0.1) is 0 Å². The fraction of sp³-hybridized carbons (Fsp3) is 0.250. The molecule has 158 valence electrons. The number of carbonyl (C=O) groups excluding carboxylic acids is 4. The molecule has 2 aliphatic rings. The minimum Gasteiger partial charge on any atom is -0.449 e. The third-order valence-corrected chi connectivity index (χ3v) is 5.59. The Balaban J connectivity index is 1.44. The number of ether oxygens (including phenoxy) is 1. The predicted octanol–water partition coefficient (Wildman–Crippen LogP) is 2.60. The van der Waals surface area contributed by atoms with E-state index in [9.17, 15) is 19.2 Å². The van der Waals surface area contributed by atoms with Crippen molar-refractivity contribution in [1.29, 1.82) is 0 Å². The number of benzene rings is 2. The molecule has 31 heavy (non-hydrogen) atoms. The van der Waals surface area contributed by atoms with Gasteiger partial charge in [-0.25, -0.2) is 4.79 Å². The summed E-state index contributed by atoms with van der Waals surface area (Å²) in [5.74, 6) is -1.89. The Morgan fingerprint density at radius 1 is 1.10 bits per heavy atom. The predicted molar refractivity (Wildman–Crippen MR) is 112 cm³/mol. The van der Waals surface area contributed by atoms with Crippen molar-refractivity contribution in [3.05, 3.63) is 82.9 Å². The first kappa shape index (κ1) is 20.5. The zero-order valence-electron chi connectivity index (χ0n) is 17.2. The van der Waals surface area contributed by atoms with Crippen molar-refractivity contribution in [1.82, 2.24) is 9.80 Å². The van der Waals surface area contributed by atoms with Gasteiger partial charge >= 0.3 is 5.97 Å². The quantitative estimate of drug-likeness (QED) is 0.423. The van der Waals surface area contributed by atoms with E-state index in [2.05, 4.69) is 12.6 Å². The summed E-state index contributed by atoms with van der Waals surface area (Å²) >= 11 is 0. The lowest BCUT2D eigenvalue weighted by atomic mass is 9.99. The van der Waals surface area contributed by atoms with E-state index < -0.39 is 23.9 Å². The number of hydrogen-bond donors (Lipinski definition) is 0. The molecule has 0 radical (unpaired) electrons. The molecule has 0 fully saturated rings. The summed E-state index contributed by atoms with van der Waals surface area (Å²) < 4.78 is 5.38. The van der Waals surface area contributed by atoms with E-state index in [1.165, 1.54) is 36.8 Å². The van der Waals surface area contributed by atoms with Crippen LogP contribution >= 0.6 is 0 Å². The summed E-state index contributed by atoms with van der Waals surface area (Å²) in [5.41, 5.74) is 2.81. The van der Waals surface area contributed by atoms with E-state index in [0.717, 1.165) is 16.9 Å². The lowest BCUT2D eigenvalue weighted by molar-refractivity contribution is -0.140. The fourth-order valence-corrected chi connectivity index (χ4v) is 3.93. The highest BCUT2D eigenvalue weighted by atomic mass is 16.5. The topological polar surface area (TPSA) is 84.0 Å². The van der Waals surface area contributed by atoms with Crippen molar-refractivity contribution in [3.63, 3.8) is 0 Å². The van der Waals surface area contributed by atoms with Crippen LogP contribution in [-0.4, -0.2) is 52.7 Å². The zero-order chi connectivity index (χ0) is 22.1. The van der Waals surface area contributed by atoms with Crippen LogP contribution < -0.4 is 0 Å². The lowest BCUT2D eigenvalue weighted by Gasteiger charge is -2.30. The summed E-state index contributed by atoms with van der Waals surface area (Å²) in [4.78, 5) is 52.9. The molecule has 0 saturated carbocycles. The highest BCUT2D eigenvalue weighted by molar-refractivity contribution is 6.22. The smallest absolute Gasteiger partial charge is 0.338 e. The van der Waals surface area contributed by atoms with Crippen molar-refractivity contribution in [2.45, 2.75) is 26.0 Å². The zero-order valence-corrected chi connectivity index (χ0v) is 17.2. The monoisotopic (exact) mass is 418 g/mol. The van der Waals surface area contributed by atoms with Gasteiger partial charge in [0.15, 0.2) is 6.10 Å². The normalized spacial score (nSPS) is 15.9. The lowest BCUT2D eigenvalue weighted by Crippen LogP contribution is -2.42. The summed E-state index contributed by atoms with van der Waals surface area (Å²) in [6.45, 7) is 6.22. The Bertz CT molecular complexity index is 1110. The second-order valence-corrected chi connectivity index (χ2v) is 7.60. The highest BCUT2D eigenvalue weighted by Crippen LogP contribution is 2.25. The molecule has 7 nitrogen and oxygen atoms in total. The first-order chi connectivity index (χ1) is 14.9. The molecule has 0 bridgehead atoms. The molecule has 0 N–H and O–H groups in total. The van der Waals surface area contributed by atoms with Crippen LogP contribution in [0.3, 0.4) is 0 Å². The molecule has 0 aliphatic carbocycles. The SMILES string of the molecule is C=CCN1C(=O)c2ccc(C(=O)O[C@H](C)C(=O)N3CCc4ccccc4C3)cc2C1=O. The van der Waals surface area contributed by atoms with Crippen molar-refractivity contribution in [2.24, 2.45) is 0 Å². The summed E-state index contributed by atoms with van der Waals surface area (Å²) in [5, 5.41) is 0. The largest absolute Gasteiger partial charge is 0.449 e. The van der Waals surface area contributed by atoms with E-state index in [0.29, 0.717) is 13.1 Å². The van der Waals surface area contributed by atoms with Gasteiger partial charge in [0.1, 0.15) is 0 Å². The Morgan fingerprint density at radius 3 is 2.55 bits per heavy atom. The van der Waals surface area contributed by atoms with Gasteiger partial charge in [0.05, 0.1) is 16.7 Å². The average molecular weight is 418 g/mol. The summed E-state index contributed by atoms with van der Waals surface area (Å²) in [7, 11) is 0. The molecule has 2 aliphatic heterocycles. The number of carbonyl (C=O) groups is 4. The average Bonchev–Trinajstić information content (AvgIpc) is 3.02. The molecule has 1 atom stereocenters. The van der Waals surface area contributed by atoms with E-state index in [1.54, 1.807) is 4.90 Å². The van der Waals surface area contributed by atoms with Crippen molar-refractivity contribution in [2.75, 3.05) is 13.1 Å². The number of hydrogen-bond acceptors (Lipinski definition) is 5. The van der Waals surface area contributed by atoms with Crippen molar-refractivity contribution in [3.8, 4) is 0 Å².